The summed E-state index contributed by atoms with van der Waals surface area (Å²) in [4.78, 5) is 12.6. The Kier molecular flexibility index (Phi) is 4.74. The molecule has 1 amide bonds. The predicted molar refractivity (Wildman–Crippen MR) is 100 cm³/mol. The molecule has 0 aromatic heterocycles. The van der Waals surface area contributed by atoms with E-state index in [-0.39, 0.29) is 18.8 Å². The van der Waals surface area contributed by atoms with E-state index in [2.05, 4.69) is 5.32 Å². The van der Waals surface area contributed by atoms with Crippen LogP contribution in [0, 0.1) is 0 Å². The van der Waals surface area contributed by atoms with E-state index < -0.39 is 0 Å². The molecule has 2 heterocycles. The summed E-state index contributed by atoms with van der Waals surface area (Å²) in [6, 6.07) is 7.14. The van der Waals surface area contributed by atoms with Gasteiger partial charge in [0.2, 0.25) is 6.79 Å². The van der Waals surface area contributed by atoms with Gasteiger partial charge in [-0.1, -0.05) is 11.6 Å². The summed E-state index contributed by atoms with van der Waals surface area (Å²) < 4.78 is 22.2. The smallest absolute Gasteiger partial charge is 0.251 e. The molecule has 0 radical (unpaired) electrons. The van der Waals surface area contributed by atoms with Crippen LogP contribution >= 0.6 is 11.6 Å². The van der Waals surface area contributed by atoms with Gasteiger partial charge in [0.1, 0.15) is 17.6 Å². The number of hydrogen-bond acceptors (Lipinski definition) is 5. The summed E-state index contributed by atoms with van der Waals surface area (Å²) in [6.45, 7) is 4.93. The molecule has 0 bridgehead atoms. The third-order valence-electron chi connectivity index (χ3n) is 4.51. The molecule has 1 atom stereocenters. The average Bonchev–Trinajstić information content (AvgIpc) is 3.25. The zero-order chi connectivity index (χ0) is 19.0. The number of hydrogen-bond donors (Lipinski definition) is 1. The van der Waals surface area contributed by atoms with E-state index in [0.29, 0.717) is 35.2 Å². The zero-order valence-corrected chi connectivity index (χ0v) is 15.9. The lowest BCUT2D eigenvalue weighted by molar-refractivity contribution is 0.0950. The number of ether oxygens (including phenoxy) is 4. The normalized spacial score (nSPS) is 16.6. The van der Waals surface area contributed by atoms with Gasteiger partial charge in [-0.05, 0) is 38.1 Å². The molecular formula is C20H20ClNO5. The van der Waals surface area contributed by atoms with Gasteiger partial charge in [-0.2, -0.15) is 0 Å². The van der Waals surface area contributed by atoms with Gasteiger partial charge in [0.15, 0.2) is 11.5 Å². The monoisotopic (exact) mass is 389 g/mol. The summed E-state index contributed by atoms with van der Waals surface area (Å²) >= 11 is 6.16. The Morgan fingerprint density at radius 3 is 2.93 bits per heavy atom. The Morgan fingerprint density at radius 2 is 2.11 bits per heavy atom. The number of benzene rings is 2. The minimum absolute atomic E-state index is 0.103. The highest BCUT2D eigenvalue weighted by Gasteiger charge is 2.23. The number of rotatable bonds is 5. The van der Waals surface area contributed by atoms with Crippen molar-refractivity contribution in [2.45, 2.75) is 32.9 Å². The molecule has 0 spiro atoms. The van der Waals surface area contributed by atoms with Crippen LogP contribution in [0.3, 0.4) is 0 Å². The van der Waals surface area contributed by atoms with Crippen LogP contribution < -0.4 is 24.3 Å². The molecule has 27 heavy (non-hydrogen) atoms. The van der Waals surface area contributed by atoms with Crippen molar-refractivity contribution in [2.75, 3.05) is 13.4 Å². The standard InChI is InChI=1S/C20H20ClNO5/c1-3-24-16-6-12-4-11(2)27-17(12)8-14(16)9-22-20(23)13-5-15(21)19-18(7-13)25-10-26-19/h5-8,11H,3-4,9-10H2,1-2H3,(H,22,23). The van der Waals surface area contributed by atoms with Gasteiger partial charge in [0.05, 0.1) is 11.6 Å². The molecule has 2 aromatic rings. The number of nitrogens with one attached hydrogen (secondary N) is 1. The lowest BCUT2D eigenvalue weighted by atomic mass is 10.1. The van der Waals surface area contributed by atoms with Crippen molar-refractivity contribution in [1.29, 1.82) is 0 Å². The minimum atomic E-state index is -0.257. The Morgan fingerprint density at radius 1 is 1.26 bits per heavy atom. The maximum atomic E-state index is 12.6. The fourth-order valence-electron chi connectivity index (χ4n) is 3.29. The van der Waals surface area contributed by atoms with Gasteiger partial charge in [-0.3, -0.25) is 4.79 Å². The molecular weight excluding hydrogens is 370 g/mol. The van der Waals surface area contributed by atoms with Crippen molar-refractivity contribution in [3.8, 4) is 23.0 Å². The van der Waals surface area contributed by atoms with Gasteiger partial charge in [-0.15, -0.1) is 0 Å². The second-order valence-corrected chi connectivity index (χ2v) is 6.91. The highest BCUT2D eigenvalue weighted by Crippen LogP contribution is 2.40. The van der Waals surface area contributed by atoms with Crippen LogP contribution in [0.5, 0.6) is 23.0 Å². The van der Waals surface area contributed by atoms with E-state index in [1.807, 2.05) is 26.0 Å². The lowest BCUT2D eigenvalue weighted by Gasteiger charge is -2.13. The molecule has 7 heteroatoms. The second-order valence-electron chi connectivity index (χ2n) is 6.51. The van der Waals surface area contributed by atoms with Gasteiger partial charge >= 0.3 is 0 Å². The highest BCUT2D eigenvalue weighted by molar-refractivity contribution is 6.32. The Bertz CT molecular complexity index is 898. The maximum absolute atomic E-state index is 12.6. The quantitative estimate of drug-likeness (QED) is 0.844. The molecule has 0 aliphatic carbocycles. The third-order valence-corrected chi connectivity index (χ3v) is 4.79. The van der Waals surface area contributed by atoms with Gasteiger partial charge in [0.25, 0.3) is 5.91 Å². The molecule has 0 fully saturated rings. The van der Waals surface area contributed by atoms with Crippen LogP contribution in [-0.2, 0) is 13.0 Å². The van der Waals surface area contributed by atoms with Crippen LogP contribution in [0.1, 0.15) is 35.3 Å². The van der Waals surface area contributed by atoms with E-state index in [0.717, 1.165) is 29.0 Å². The van der Waals surface area contributed by atoms with Crippen molar-refractivity contribution in [1.82, 2.24) is 5.32 Å². The highest BCUT2D eigenvalue weighted by atomic mass is 35.5. The summed E-state index contributed by atoms with van der Waals surface area (Å²) in [6.07, 6.45) is 1.01. The molecule has 2 aliphatic rings. The van der Waals surface area contributed by atoms with Crippen molar-refractivity contribution >= 4 is 17.5 Å². The van der Waals surface area contributed by atoms with E-state index in [1.165, 1.54) is 0 Å². The molecule has 2 aromatic carbocycles. The first kappa shape index (κ1) is 17.8. The Hall–Kier alpha value is -2.60. The van der Waals surface area contributed by atoms with Gasteiger partial charge < -0.3 is 24.3 Å². The van der Waals surface area contributed by atoms with Crippen LogP contribution in [-0.4, -0.2) is 25.4 Å². The van der Waals surface area contributed by atoms with Crippen molar-refractivity contribution < 1.29 is 23.7 Å². The molecule has 1 unspecified atom stereocenters. The Labute approximate surface area is 162 Å². The third kappa shape index (κ3) is 3.49. The summed E-state index contributed by atoms with van der Waals surface area (Å²) in [5.74, 6) is 2.30. The Balaban J connectivity index is 1.52. The first-order valence-corrected chi connectivity index (χ1v) is 9.25. The fraction of sp³-hybridized carbons (Fsp3) is 0.350. The van der Waals surface area contributed by atoms with E-state index >= 15 is 0 Å². The molecule has 1 N–H and O–H groups in total. The zero-order valence-electron chi connectivity index (χ0n) is 15.1. The fourth-order valence-corrected chi connectivity index (χ4v) is 3.55. The number of halogens is 1. The minimum Gasteiger partial charge on any atom is -0.494 e. The first-order valence-electron chi connectivity index (χ1n) is 8.87. The lowest BCUT2D eigenvalue weighted by Crippen LogP contribution is -2.23. The summed E-state index contributed by atoms with van der Waals surface area (Å²) in [7, 11) is 0. The molecule has 2 aliphatic heterocycles. The van der Waals surface area contributed by atoms with Crippen LogP contribution in [0.15, 0.2) is 24.3 Å². The van der Waals surface area contributed by atoms with Crippen LogP contribution in [0.25, 0.3) is 0 Å². The topological polar surface area (TPSA) is 66.0 Å². The summed E-state index contributed by atoms with van der Waals surface area (Å²) in [5.41, 5.74) is 2.40. The predicted octanol–water partition coefficient (Wildman–Crippen LogP) is 3.72. The molecule has 6 nitrogen and oxygen atoms in total. The second kappa shape index (κ2) is 7.19. The van der Waals surface area contributed by atoms with Gasteiger partial charge in [0, 0.05) is 29.7 Å². The van der Waals surface area contributed by atoms with Crippen molar-refractivity contribution in [3.63, 3.8) is 0 Å². The molecule has 0 saturated carbocycles. The maximum Gasteiger partial charge on any atom is 0.251 e. The van der Waals surface area contributed by atoms with Gasteiger partial charge in [-0.25, -0.2) is 0 Å². The van der Waals surface area contributed by atoms with Crippen LogP contribution in [0.2, 0.25) is 5.02 Å². The number of carbonyl (C=O) groups excluding carboxylic acids is 1. The first-order chi connectivity index (χ1) is 13.0. The van der Waals surface area contributed by atoms with E-state index in [4.69, 9.17) is 30.5 Å². The number of amides is 1. The molecule has 142 valence electrons. The van der Waals surface area contributed by atoms with Crippen molar-refractivity contribution in [3.05, 3.63) is 46.0 Å². The number of carbonyl (C=O) groups is 1. The van der Waals surface area contributed by atoms with E-state index in [1.54, 1.807) is 12.1 Å². The average molecular weight is 390 g/mol. The largest absolute Gasteiger partial charge is 0.494 e. The van der Waals surface area contributed by atoms with Crippen LogP contribution in [0.4, 0.5) is 0 Å². The number of fused-ring (bicyclic) bond motifs is 2. The van der Waals surface area contributed by atoms with E-state index in [9.17, 15) is 4.79 Å². The molecule has 0 saturated heterocycles. The van der Waals surface area contributed by atoms with Crippen molar-refractivity contribution in [2.24, 2.45) is 0 Å². The SMILES string of the molecule is CCOc1cc2c(cc1CNC(=O)c1cc(Cl)c3c(c1)OCO3)OC(C)C2. The molecule has 4 rings (SSSR count). The summed E-state index contributed by atoms with van der Waals surface area (Å²) in [5, 5.41) is 3.26.